The third kappa shape index (κ3) is 3.76. The molecule has 1 radical (unpaired) electrons. The molecule has 89 valence electrons. The maximum atomic E-state index is 12.1. The summed E-state index contributed by atoms with van der Waals surface area (Å²) in [5.41, 5.74) is 1.03. The normalized spacial score (nSPS) is 12.7. The number of rotatable bonds is 1. The Kier molecular flexibility index (Phi) is 3.22. The third-order valence-electron chi connectivity index (χ3n) is 2.07. The molecule has 1 rings (SSSR count). The van der Waals surface area contributed by atoms with E-state index in [9.17, 15) is 13.2 Å². The van der Waals surface area contributed by atoms with Crippen LogP contribution in [0.5, 0.6) is 5.75 Å². The van der Waals surface area contributed by atoms with E-state index in [0.29, 0.717) is 5.56 Å². The second kappa shape index (κ2) is 4.00. The second-order valence-corrected chi connectivity index (χ2v) is 4.66. The molecular formula is C12H14F3O. The number of hydrogen-bond acceptors (Lipinski definition) is 1. The Balaban J connectivity index is 3.09. The average molecular weight is 231 g/mol. The maximum Gasteiger partial charge on any atom is 0.573 e. The molecule has 0 saturated heterocycles. The molecular weight excluding hydrogens is 217 g/mol. The predicted octanol–water partition coefficient (Wildman–Crippen LogP) is 4.06. The zero-order chi connectivity index (χ0) is 12.6. The van der Waals surface area contributed by atoms with Crippen molar-refractivity contribution in [2.75, 3.05) is 0 Å². The summed E-state index contributed by atoms with van der Waals surface area (Å²) < 4.78 is 40.1. The van der Waals surface area contributed by atoms with Crippen molar-refractivity contribution in [2.24, 2.45) is 0 Å². The fourth-order valence-corrected chi connectivity index (χ4v) is 1.29. The standard InChI is InChI=1S/C12H14F3O/c1-8-5-9(11(2,3)4)7-10(6-8)16-12(13,14)15/h5-7H,1H2,2-4H3. The molecule has 0 aliphatic rings. The maximum absolute atomic E-state index is 12.1. The highest BCUT2D eigenvalue weighted by Crippen LogP contribution is 2.30. The van der Waals surface area contributed by atoms with Crippen molar-refractivity contribution in [3.63, 3.8) is 0 Å². The van der Waals surface area contributed by atoms with Gasteiger partial charge in [0, 0.05) is 0 Å². The second-order valence-electron chi connectivity index (χ2n) is 4.66. The first-order valence-corrected chi connectivity index (χ1v) is 4.81. The lowest BCUT2D eigenvalue weighted by Gasteiger charge is -2.21. The molecule has 1 nitrogen and oxygen atoms in total. The van der Waals surface area contributed by atoms with Crippen LogP contribution in [0.2, 0.25) is 0 Å². The van der Waals surface area contributed by atoms with E-state index in [0.717, 1.165) is 5.56 Å². The predicted molar refractivity (Wildman–Crippen MR) is 56.3 cm³/mol. The van der Waals surface area contributed by atoms with Crippen LogP contribution in [-0.4, -0.2) is 6.36 Å². The van der Waals surface area contributed by atoms with Gasteiger partial charge in [-0.3, -0.25) is 0 Å². The zero-order valence-corrected chi connectivity index (χ0v) is 9.48. The summed E-state index contributed by atoms with van der Waals surface area (Å²) in [6, 6.07) is 4.41. The summed E-state index contributed by atoms with van der Waals surface area (Å²) in [7, 11) is 0. The van der Waals surface area contributed by atoms with Crippen LogP contribution in [0.25, 0.3) is 0 Å². The van der Waals surface area contributed by atoms with E-state index in [1.165, 1.54) is 12.1 Å². The molecule has 16 heavy (non-hydrogen) atoms. The molecule has 0 fully saturated rings. The van der Waals surface area contributed by atoms with E-state index in [-0.39, 0.29) is 11.2 Å². The Labute approximate surface area is 93.2 Å². The van der Waals surface area contributed by atoms with Gasteiger partial charge in [-0.1, -0.05) is 26.8 Å². The summed E-state index contributed by atoms with van der Waals surface area (Å²) in [4.78, 5) is 0. The highest BCUT2D eigenvalue weighted by Gasteiger charge is 2.31. The number of ether oxygens (including phenoxy) is 1. The van der Waals surface area contributed by atoms with Crippen LogP contribution in [0.15, 0.2) is 18.2 Å². The lowest BCUT2D eigenvalue weighted by Crippen LogP contribution is -2.18. The van der Waals surface area contributed by atoms with E-state index in [2.05, 4.69) is 11.7 Å². The number of benzene rings is 1. The van der Waals surface area contributed by atoms with Gasteiger partial charge in [0.05, 0.1) is 0 Å². The molecule has 0 bridgehead atoms. The molecule has 1 aromatic rings. The van der Waals surface area contributed by atoms with Gasteiger partial charge in [0.2, 0.25) is 0 Å². The minimum atomic E-state index is -4.66. The zero-order valence-electron chi connectivity index (χ0n) is 9.48. The first-order chi connectivity index (χ1) is 7.08. The SMILES string of the molecule is [CH2]c1cc(OC(F)(F)F)cc(C(C)(C)C)c1. The van der Waals surface area contributed by atoms with Gasteiger partial charge < -0.3 is 4.74 Å². The van der Waals surface area contributed by atoms with E-state index < -0.39 is 6.36 Å². The van der Waals surface area contributed by atoms with Gasteiger partial charge in [0.1, 0.15) is 5.75 Å². The van der Waals surface area contributed by atoms with Crippen LogP contribution in [0.4, 0.5) is 13.2 Å². The summed E-state index contributed by atoms with van der Waals surface area (Å²) in [5.74, 6) is -0.218. The fourth-order valence-electron chi connectivity index (χ4n) is 1.29. The van der Waals surface area contributed by atoms with Crippen molar-refractivity contribution < 1.29 is 17.9 Å². The first-order valence-electron chi connectivity index (χ1n) is 4.81. The largest absolute Gasteiger partial charge is 0.573 e. The molecule has 1 aromatic carbocycles. The van der Waals surface area contributed by atoms with Gasteiger partial charge in [0.25, 0.3) is 0 Å². The Morgan fingerprint density at radius 2 is 1.62 bits per heavy atom. The van der Waals surface area contributed by atoms with Gasteiger partial charge in [0.15, 0.2) is 0 Å². The molecule has 4 heteroatoms. The lowest BCUT2D eigenvalue weighted by molar-refractivity contribution is -0.274. The number of halogens is 3. The highest BCUT2D eigenvalue weighted by molar-refractivity contribution is 5.39. The van der Waals surface area contributed by atoms with E-state index in [1.54, 1.807) is 6.07 Å². The first kappa shape index (κ1) is 12.9. The number of hydrogen-bond donors (Lipinski definition) is 0. The summed E-state index contributed by atoms with van der Waals surface area (Å²) in [6.45, 7) is 9.39. The topological polar surface area (TPSA) is 9.23 Å². The van der Waals surface area contributed by atoms with Crippen molar-refractivity contribution >= 4 is 0 Å². The Bertz CT molecular complexity index is 375. The molecule has 0 unspecified atom stereocenters. The minimum Gasteiger partial charge on any atom is -0.406 e. The fraction of sp³-hybridized carbons (Fsp3) is 0.417. The lowest BCUT2D eigenvalue weighted by atomic mass is 9.86. The molecule has 0 atom stereocenters. The third-order valence-corrected chi connectivity index (χ3v) is 2.07. The van der Waals surface area contributed by atoms with Crippen LogP contribution in [0, 0.1) is 6.92 Å². The molecule has 0 amide bonds. The van der Waals surface area contributed by atoms with Crippen LogP contribution in [-0.2, 0) is 5.41 Å². The summed E-state index contributed by atoms with van der Waals surface area (Å²) >= 11 is 0. The van der Waals surface area contributed by atoms with Gasteiger partial charge in [-0.05, 0) is 35.6 Å². The molecule has 0 aromatic heterocycles. The van der Waals surface area contributed by atoms with Crippen LogP contribution < -0.4 is 4.74 Å². The van der Waals surface area contributed by atoms with Crippen molar-refractivity contribution in [1.29, 1.82) is 0 Å². The molecule has 0 aliphatic carbocycles. The summed E-state index contributed by atoms with van der Waals surface area (Å²) in [5, 5.41) is 0. The molecule has 0 heterocycles. The van der Waals surface area contributed by atoms with Gasteiger partial charge in [-0.25, -0.2) is 0 Å². The molecule has 0 N–H and O–H groups in total. The van der Waals surface area contributed by atoms with E-state index in [1.807, 2.05) is 20.8 Å². The van der Waals surface area contributed by atoms with Crippen LogP contribution in [0.3, 0.4) is 0 Å². The Hall–Kier alpha value is -1.19. The molecule has 0 aliphatic heterocycles. The van der Waals surface area contributed by atoms with Crippen LogP contribution in [0.1, 0.15) is 31.9 Å². The molecule has 0 saturated carbocycles. The van der Waals surface area contributed by atoms with Gasteiger partial charge >= 0.3 is 6.36 Å². The molecule has 0 spiro atoms. The van der Waals surface area contributed by atoms with Gasteiger partial charge in [-0.2, -0.15) is 0 Å². The Morgan fingerprint density at radius 3 is 2.06 bits per heavy atom. The highest BCUT2D eigenvalue weighted by atomic mass is 19.4. The van der Waals surface area contributed by atoms with Crippen molar-refractivity contribution in [1.82, 2.24) is 0 Å². The smallest absolute Gasteiger partial charge is 0.406 e. The average Bonchev–Trinajstić information content (AvgIpc) is 1.97. The van der Waals surface area contributed by atoms with Crippen molar-refractivity contribution in [3.05, 3.63) is 36.2 Å². The van der Waals surface area contributed by atoms with Crippen molar-refractivity contribution in [2.45, 2.75) is 32.5 Å². The van der Waals surface area contributed by atoms with E-state index in [4.69, 9.17) is 0 Å². The number of alkyl halides is 3. The monoisotopic (exact) mass is 231 g/mol. The van der Waals surface area contributed by atoms with Gasteiger partial charge in [-0.15, -0.1) is 13.2 Å². The quantitative estimate of drug-likeness (QED) is 0.708. The van der Waals surface area contributed by atoms with Crippen LogP contribution >= 0.6 is 0 Å². The van der Waals surface area contributed by atoms with Crippen molar-refractivity contribution in [3.8, 4) is 5.75 Å². The minimum absolute atomic E-state index is 0.218. The Morgan fingerprint density at radius 1 is 1.06 bits per heavy atom. The van der Waals surface area contributed by atoms with E-state index >= 15 is 0 Å². The summed E-state index contributed by atoms with van der Waals surface area (Å²) in [6.07, 6.45) is -4.66.